The highest BCUT2D eigenvalue weighted by Gasteiger charge is 2.03. The molecular formula is C10H10ClN3OS. The molecule has 2 aromatic rings. The molecule has 1 aromatic carbocycles. The van der Waals surface area contributed by atoms with Gasteiger partial charge in [0.2, 0.25) is 5.13 Å². The van der Waals surface area contributed by atoms with Crippen molar-refractivity contribution in [2.24, 2.45) is 0 Å². The molecule has 0 aliphatic heterocycles. The predicted octanol–water partition coefficient (Wildman–Crippen LogP) is 2.30. The van der Waals surface area contributed by atoms with E-state index in [9.17, 15) is 0 Å². The first-order valence-electron chi connectivity index (χ1n) is 4.70. The van der Waals surface area contributed by atoms with E-state index >= 15 is 0 Å². The highest BCUT2D eigenvalue weighted by Crippen LogP contribution is 2.19. The maximum Gasteiger partial charge on any atom is 0.206 e. The number of aromatic nitrogens is 2. The molecule has 0 saturated heterocycles. The van der Waals surface area contributed by atoms with Gasteiger partial charge in [-0.05, 0) is 11.6 Å². The van der Waals surface area contributed by atoms with E-state index in [4.69, 9.17) is 16.7 Å². The summed E-state index contributed by atoms with van der Waals surface area (Å²) in [5.74, 6) is 0. The minimum Gasteiger partial charge on any atom is -0.389 e. The molecule has 0 atom stereocenters. The molecule has 6 heteroatoms. The number of nitrogens with one attached hydrogen (secondary N) is 1. The number of rotatable bonds is 4. The van der Waals surface area contributed by atoms with Gasteiger partial charge in [0.05, 0.1) is 6.61 Å². The molecule has 4 nitrogen and oxygen atoms in total. The summed E-state index contributed by atoms with van der Waals surface area (Å²) < 4.78 is 0. The van der Waals surface area contributed by atoms with Crippen LogP contribution in [0.25, 0.3) is 0 Å². The Morgan fingerprint density at radius 3 is 2.81 bits per heavy atom. The van der Waals surface area contributed by atoms with E-state index < -0.39 is 0 Å². The maximum absolute atomic E-state index is 8.84. The first-order valence-corrected chi connectivity index (χ1v) is 5.89. The van der Waals surface area contributed by atoms with Crippen molar-refractivity contribution in [2.45, 2.75) is 13.2 Å². The minimum absolute atomic E-state index is 0.0779. The SMILES string of the molecule is OCc1nnc(NCc2ccccc2Cl)s1. The third kappa shape index (κ3) is 2.69. The molecule has 2 N–H and O–H groups in total. The van der Waals surface area contributed by atoms with Crippen LogP contribution in [0.4, 0.5) is 5.13 Å². The van der Waals surface area contributed by atoms with E-state index in [-0.39, 0.29) is 6.61 Å². The molecular weight excluding hydrogens is 246 g/mol. The van der Waals surface area contributed by atoms with Gasteiger partial charge in [-0.1, -0.05) is 41.1 Å². The zero-order valence-corrected chi connectivity index (χ0v) is 9.92. The summed E-state index contributed by atoms with van der Waals surface area (Å²) in [7, 11) is 0. The van der Waals surface area contributed by atoms with Crippen LogP contribution in [0.1, 0.15) is 10.6 Å². The lowest BCUT2D eigenvalue weighted by molar-refractivity contribution is 0.280. The maximum atomic E-state index is 8.84. The van der Waals surface area contributed by atoms with E-state index in [1.807, 2.05) is 24.3 Å². The quantitative estimate of drug-likeness (QED) is 0.880. The molecule has 0 aliphatic carbocycles. The molecule has 0 bridgehead atoms. The number of aliphatic hydroxyl groups is 1. The summed E-state index contributed by atoms with van der Waals surface area (Å²) in [6, 6.07) is 7.62. The standard InChI is InChI=1S/C10H10ClN3OS/c11-8-4-2-1-3-7(8)5-12-10-14-13-9(6-15)16-10/h1-4,15H,5-6H2,(H,12,14). The Hall–Kier alpha value is -1.17. The monoisotopic (exact) mass is 255 g/mol. The fourth-order valence-electron chi connectivity index (χ4n) is 1.20. The van der Waals surface area contributed by atoms with E-state index in [2.05, 4.69) is 15.5 Å². The van der Waals surface area contributed by atoms with Crippen molar-refractivity contribution in [2.75, 3.05) is 5.32 Å². The van der Waals surface area contributed by atoms with Crippen LogP contribution in [-0.4, -0.2) is 15.3 Å². The fourth-order valence-corrected chi connectivity index (χ4v) is 2.00. The summed E-state index contributed by atoms with van der Waals surface area (Å²) >= 11 is 7.34. The van der Waals surface area contributed by atoms with Crippen LogP contribution < -0.4 is 5.32 Å². The third-order valence-corrected chi connectivity index (χ3v) is 3.22. The van der Waals surface area contributed by atoms with Crippen LogP contribution in [-0.2, 0) is 13.2 Å². The topological polar surface area (TPSA) is 58.0 Å². The lowest BCUT2D eigenvalue weighted by atomic mass is 10.2. The van der Waals surface area contributed by atoms with Crippen molar-refractivity contribution in [1.82, 2.24) is 10.2 Å². The number of nitrogens with zero attached hydrogens (tertiary/aromatic N) is 2. The van der Waals surface area contributed by atoms with E-state index in [0.717, 1.165) is 10.6 Å². The summed E-state index contributed by atoms with van der Waals surface area (Å²) in [5.41, 5.74) is 1.00. The van der Waals surface area contributed by atoms with Gasteiger partial charge < -0.3 is 10.4 Å². The van der Waals surface area contributed by atoms with Gasteiger partial charge in [-0.25, -0.2) is 0 Å². The Balaban J connectivity index is 1.99. The number of anilines is 1. The number of hydrogen-bond donors (Lipinski definition) is 2. The van der Waals surface area contributed by atoms with Crippen LogP contribution in [0.15, 0.2) is 24.3 Å². The fraction of sp³-hybridized carbons (Fsp3) is 0.200. The zero-order valence-electron chi connectivity index (χ0n) is 8.35. The Morgan fingerprint density at radius 1 is 1.31 bits per heavy atom. The van der Waals surface area contributed by atoms with Gasteiger partial charge in [0.1, 0.15) is 5.01 Å². The van der Waals surface area contributed by atoms with E-state index in [0.29, 0.717) is 16.7 Å². The van der Waals surface area contributed by atoms with Crippen LogP contribution in [0.5, 0.6) is 0 Å². The van der Waals surface area contributed by atoms with Crippen molar-refractivity contribution in [3.8, 4) is 0 Å². The molecule has 0 spiro atoms. The highest BCUT2D eigenvalue weighted by atomic mass is 35.5. The predicted molar refractivity (Wildman–Crippen MR) is 64.6 cm³/mol. The molecule has 1 heterocycles. The first kappa shape index (κ1) is 11.3. The summed E-state index contributed by atoms with van der Waals surface area (Å²) in [6.07, 6.45) is 0. The zero-order chi connectivity index (χ0) is 11.4. The molecule has 2 rings (SSSR count). The second kappa shape index (κ2) is 5.25. The molecule has 0 fully saturated rings. The summed E-state index contributed by atoms with van der Waals surface area (Å²) in [5, 5.41) is 21.6. The summed E-state index contributed by atoms with van der Waals surface area (Å²) in [4.78, 5) is 0. The third-order valence-electron chi connectivity index (χ3n) is 1.99. The molecule has 0 amide bonds. The average molecular weight is 256 g/mol. The van der Waals surface area contributed by atoms with Gasteiger partial charge in [0.25, 0.3) is 0 Å². The largest absolute Gasteiger partial charge is 0.389 e. The minimum atomic E-state index is -0.0779. The number of halogens is 1. The average Bonchev–Trinajstić information content (AvgIpc) is 2.76. The molecule has 16 heavy (non-hydrogen) atoms. The van der Waals surface area contributed by atoms with Crippen molar-refractivity contribution < 1.29 is 5.11 Å². The molecule has 84 valence electrons. The smallest absolute Gasteiger partial charge is 0.206 e. The van der Waals surface area contributed by atoms with Gasteiger partial charge in [0.15, 0.2) is 0 Å². The Morgan fingerprint density at radius 2 is 2.12 bits per heavy atom. The Kier molecular flexibility index (Phi) is 3.71. The molecule has 0 radical (unpaired) electrons. The van der Waals surface area contributed by atoms with Gasteiger partial charge in [-0.15, -0.1) is 10.2 Å². The number of aliphatic hydroxyl groups excluding tert-OH is 1. The molecule has 0 unspecified atom stereocenters. The van der Waals surface area contributed by atoms with Crippen molar-refractivity contribution in [1.29, 1.82) is 0 Å². The number of benzene rings is 1. The first-order chi connectivity index (χ1) is 7.79. The Bertz CT molecular complexity index is 475. The normalized spacial score (nSPS) is 10.4. The summed E-state index contributed by atoms with van der Waals surface area (Å²) in [6.45, 7) is 0.519. The molecule has 1 aromatic heterocycles. The van der Waals surface area contributed by atoms with Crippen LogP contribution in [0.2, 0.25) is 5.02 Å². The number of hydrogen-bond acceptors (Lipinski definition) is 5. The Labute approximate surface area is 102 Å². The van der Waals surface area contributed by atoms with Gasteiger partial charge >= 0.3 is 0 Å². The van der Waals surface area contributed by atoms with Crippen molar-refractivity contribution in [3.05, 3.63) is 39.9 Å². The van der Waals surface area contributed by atoms with Crippen LogP contribution in [0, 0.1) is 0 Å². The van der Waals surface area contributed by atoms with Crippen LogP contribution in [0.3, 0.4) is 0 Å². The van der Waals surface area contributed by atoms with Gasteiger partial charge in [0, 0.05) is 11.6 Å². The second-order valence-corrected chi connectivity index (χ2v) is 4.57. The van der Waals surface area contributed by atoms with Crippen molar-refractivity contribution >= 4 is 28.1 Å². The van der Waals surface area contributed by atoms with Gasteiger partial charge in [-0.3, -0.25) is 0 Å². The lowest BCUT2D eigenvalue weighted by Crippen LogP contribution is -1.99. The molecule has 0 aliphatic rings. The highest BCUT2D eigenvalue weighted by molar-refractivity contribution is 7.15. The van der Waals surface area contributed by atoms with Crippen LogP contribution >= 0.6 is 22.9 Å². The second-order valence-electron chi connectivity index (χ2n) is 3.10. The van der Waals surface area contributed by atoms with E-state index in [1.54, 1.807) is 0 Å². The van der Waals surface area contributed by atoms with Crippen molar-refractivity contribution in [3.63, 3.8) is 0 Å². The van der Waals surface area contributed by atoms with E-state index in [1.165, 1.54) is 11.3 Å². The molecule has 0 saturated carbocycles. The van der Waals surface area contributed by atoms with Gasteiger partial charge in [-0.2, -0.15) is 0 Å². The lowest BCUT2D eigenvalue weighted by Gasteiger charge is -2.03.